The lowest BCUT2D eigenvalue weighted by molar-refractivity contribution is -0.116. The van der Waals surface area contributed by atoms with Gasteiger partial charge >= 0.3 is 0 Å². The fourth-order valence-electron chi connectivity index (χ4n) is 1.78. The Hall–Kier alpha value is -0.780. The van der Waals surface area contributed by atoms with Crippen LogP contribution >= 0.6 is 23.4 Å². The fourth-order valence-corrected chi connectivity index (χ4v) is 2.90. The highest BCUT2D eigenvalue weighted by atomic mass is 35.5. The summed E-state index contributed by atoms with van der Waals surface area (Å²) in [5.74, 6) is 1.20. The summed E-state index contributed by atoms with van der Waals surface area (Å²) in [5, 5.41) is 5.82. The maximum absolute atomic E-state index is 13.6. The van der Waals surface area contributed by atoms with Gasteiger partial charge in [0, 0.05) is 30.5 Å². The van der Waals surface area contributed by atoms with Gasteiger partial charge in [0.2, 0.25) is 5.91 Å². The molecule has 1 fully saturated rings. The van der Waals surface area contributed by atoms with Crippen molar-refractivity contribution in [2.45, 2.75) is 12.5 Å². The molecule has 1 aromatic rings. The molecule has 1 aliphatic rings. The van der Waals surface area contributed by atoms with Crippen molar-refractivity contribution in [1.29, 1.82) is 0 Å². The van der Waals surface area contributed by atoms with Crippen LogP contribution in [0.15, 0.2) is 18.2 Å². The van der Waals surface area contributed by atoms with E-state index >= 15 is 0 Å². The highest BCUT2D eigenvalue weighted by Gasteiger charge is 2.17. The molecule has 1 heterocycles. The van der Waals surface area contributed by atoms with Crippen LogP contribution in [0.4, 0.5) is 10.1 Å². The Morgan fingerprint density at radius 1 is 1.61 bits per heavy atom. The Morgan fingerprint density at radius 3 is 3.17 bits per heavy atom. The third-order valence-corrected chi connectivity index (χ3v) is 4.08. The number of carbonyl (C=O) groups excluding carboxylic acids is 1. The lowest BCUT2D eigenvalue weighted by atomic mass is 10.2. The molecule has 98 valence electrons. The molecule has 2 rings (SSSR count). The van der Waals surface area contributed by atoms with Gasteiger partial charge in [-0.05, 0) is 12.1 Å². The van der Waals surface area contributed by atoms with Gasteiger partial charge in [-0.25, -0.2) is 4.39 Å². The number of nitrogens with one attached hydrogen (secondary N) is 2. The second kappa shape index (κ2) is 6.41. The summed E-state index contributed by atoms with van der Waals surface area (Å²) >= 11 is 7.47. The number of carbonyl (C=O) groups is 1. The number of anilines is 1. The minimum Gasteiger partial charge on any atom is -0.323 e. The van der Waals surface area contributed by atoms with Crippen molar-refractivity contribution in [3.05, 3.63) is 29.0 Å². The number of rotatable bonds is 3. The monoisotopic (exact) mass is 288 g/mol. The second-order valence-electron chi connectivity index (χ2n) is 4.08. The summed E-state index contributed by atoms with van der Waals surface area (Å²) in [6.45, 7) is 0.911. The van der Waals surface area contributed by atoms with Crippen molar-refractivity contribution in [2.75, 3.05) is 23.4 Å². The molecule has 0 aromatic heterocycles. The van der Waals surface area contributed by atoms with Gasteiger partial charge in [-0.3, -0.25) is 4.79 Å². The van der Waals surface area contributed by atoms with Gasteiger partial charge in [-0.2, -0.15) is 11.8 Å². The molecule has 0 saturated carbocycles. The number of hydrogen-bond acceptors (Lipinski definition) is 3. The fraction of sp³-hybridized carbons (Fsp3) is 0.417. The largest absolute Gasteiger partial charge is 0.323 e. The molecule has 2 N–H and O–H groups in total. The molecule has 0 bridgehead atoms. The van der Waals surface area contributed by atoms with Crippen molar-refractivity contribution in [3.8, 4) is 0 Å². The maximum Gasteiger partial charge on any atom is 0.226 e. The van der Waals surface area contributed by atoms with E-state index in [0.29, 0.717) is 6.42 Å². The van der Waals surface area contributed by atoms with Crippen LogP contribution in [0.5, 0.6) is 0 Å². The first-order chi connectivity index (χ1) is 8.66. The number of benzene rings is 1. The van der Waals surface area contributed by atoms with Gasteiger partial charge in [0.1, 0.15) is 0 Å². The van der Waals surface area contributed by atoms with Gasteiger partial charge in [0.05, 0.1) is 10.7 Å². The first-order valence-corrected chi connectivity index (χ1v) is 7.25. The van der Waals surface area contributed by atoms with Gasteiger partial charge in [-0.15, -0.1) is 0 Å². The van der Waals surface area contributed by atoms with E-state index < -0.39 is 5.82 Å². The van der Waals surface area contributed by atoms with Gasteiger partial charge in [-0.1, -0.05) is 17.7 Å². The molecule has 18 heavy (non-hydrogen) atoms. The third-order valence-electron chi connectivity index (χ3n) is 2.66. The van der Waals surface area contributed by atoms with Gasteiger partial charge in [0.25, 0.3) is 0 Å². The molecule has 1 unspecified atom stereocenters. The summed E-state index contributed by atoms with van der Waals surface area (Å²) in [4.78, 5) is 11.8. The summed E-state index contributed by atoms with van der Waals surface area (Å²) in [6, 6.07) is 4.72. The van der Waals surface area contributed by atoms with E-state index in [9.17, 15) is 9.18 Å². The lowest BCUT2D eigenvalue weighted by Crippen LogP contribution is -2.39. The lowest BCUT2D eigenvalue weighted by Gasteiger charge is -2.22. The van der Waals surface area contributed by atoms with Crippen molar-refractivity contribution >= 4 is 35.0 Å². The molecular formula is C12H14ClFN2OS. The van der Waals surface area contributed by atoms with Crippen molar-refractivity contribution < 1.29 is 9.18 Å². The normalized spacial score (nSPS) is 19.6. The first-order valence-electron chi connectivity index (χ1n) is 5.72. The summed E-state index contributed by atoms with van der Waals surface area (Å²) in [6.07, 6.45) is 0.346. The van der Waals surface area contributed by atoms with E-state index in [1.165, 1.54) is 12.1 Å². The minimum atomic E-state index is -0.585. The van der Waals surface area contributed by atoms with Gasteiger partial charge in [0.15, 0.2) is 5.82 Å². The van der Waals surface area contributed by atoms with E-state index in [0.717, 1.165) is 18.1 Å². The van der Waals surface area contributed by atoms with Crippen LogP contribution < -0.4 is 10.6 Å². The molecule has 1 atom stereocenters. The summed E-state index contributed by atoms with van der Waals surface area (Å²) in [5.41, 5.74) is 0.135. The predicted octanol–water partition coefficient (Wildman–Crippen LogP) is 2.51. The van der Waals surface area contributed by atoms with Crippen LogP contribution in [0.25, 0.3) is 0 Å². The van der Waals surface area contributed by atoms with Crippen LogP contribution in [0.3, 0.4) is 0 Å². The van der Waals surface area contributed by atoms with Crippen LogP contribution in [0, 0.1) is 5.82 Å². The maximum atomic E-state index is 13.6. The van der Waals surface area contributed by atoms with E-state index in [-0.39, 0.29) is 22.7 Å². The Labute approximate surface area is 114 Å². The average molecular weight is 289 g/mol. The van der Waals surface area contributed by atoms with E-state index in [1.54, 1.807) is 6.07 Å². The third kappa shape index (κ3) is 3.60. The number of amides is 1. The Morgan fingerprint density at radius 2 is 2.44 bits per heavy atom. The van der Waals surface area contributed by atoms with Crippen LogP contribution in [-0.2, 0) is 4.79 Å². The Kier molecular flexibility index (Phi) is 4.86. The van der Waals surface area contributed by atoms with Crippen molar-refractivity contribution in [2.24, 2.45) is 0 Å². The van der Waals surface area contributed by atoms with E-state index in [1.807, 2.05) is 11.8 Å². The number of hydrogen-bond donors (Lipinski definition) is 2. The quantitative estimate of drug-likeness (QED) is 0.898. The smallest absolute Gasteiger partial charge is 0.226 e. The van der Waals surface area contributed by atoms with Crippen LogP contribution in [-0.4, -0.2) is 30.0 Å². The van der Waals surface area contributed by atoms with Crippen molar-refractivity contribution in [3.63, 3.8) is 0 Å². The minimum absolute atomic E-state index is 0.0131. The van der Waals surface area contributed by atoms with Crippen LogP contribution in [0.1, 0.15) is 6.42 Å². The van der Waals surface area contributed by atoms with E-state index in [2.05, 4.69) is 10.6 Å². The topological polar surface area (TPSA) is 41.1 Å². The van der Waals surface area contributed by atoms with E-state index in [4.69, 9.17) is 11.6 Å². The Balaban J connectivity index is 1.92. The summed E-state index contributed by atoms with van der Waals surface area (Å²) in [7, 11) is 0. The van der Waals surface area contributed by atoms with Crippen molar-refractivity contribution in [1.82, 2.24) is 5.32 Å². The average Bonchev–Trinajstić information content (AvgIpc) is 2.36. The highest BCUT2D eigenvalue weighted by Crippen LogP contribution is 2.22. The molecule has 1 amide bonds. The number of thioether (sulfide) groups is 1. The molecule has 1 aromatic carbocycles. The standard InChI is InChI=1S/C12H14ClFN2OS/c13-9-2-1-3-10(12(9)14)16-11(17)6-8-7-18-5-4-15-8/h1-3,8,15H,4-7H2,(H,16,17). The molecule has 6 heteroatoms. The van der Waals surface area contributed by atoms with Gasteiger partial charge < -0.3 is 10.6 Å². The number of halogens is 2. The summed E-state index contributed by atoms with van der Waals surface area (Å²) < 4.78 is 13.6. The van der Waals surface area contributed by atoms with Crippen LogP contribution in [0.2, 0.25) is 5.02 Å². The molecule has 1 aliphatic heterocycles. The zero-order valence-electron chi connectivity index (χ0n) is 9.71. The predicted molar refractivity (Wildman–Crippen MR) is 73.8 cm³/mol. The Bertz CT molecular complexity index is 438. The molecule has 1 saturated heterocycles. The highest BCUT2D eigenvalue weighted by molar-refractivity contribution is 7.99. The molecule has 3 nitrogen and oxygen atoms in total. The zero-order valence-corrected chi connectivity index (χ0v) is 11.3. The molecule has 0 aliphatic carbocycles. The molecular weight excluding hydrogens is 275 g/mol. The SMILES string of the molecule is O=C(CC1CSCCN1)Nc1cccc(Cl)c1F. The molecule has 0 spiro atoms. The second-order valence-corrected chi connectivity index (χ2v) is 5.64. The zero-order chi connectivity index (χ0) is 13.0. The first kappa shape index (κ1) is 13.6. The molecule has 0 radical (unpaired) electrons.